The first kappa shape index (κ1) is 18.5. The number of carbonyl (C=O) groups is 2. The quantitative estimate of drug-likeness (QED) is 0.786. The Morgan fingerprint density at radius 2 is 2.08 bits per heavy atom. The number of amides is 1. The average Bonchev–Trinajstić information content (AvgIpc) is 2.57. The highest BCUT2D eigenvalue weighted by Crippen LogP contribution is 2.36. The van der Waals surface area contributed by atoms with E-state index in [9.17, 15) is 9.59 Å². The highest BCUT2D eigenvalue weighted by molar-refractivity contribution is 5.87. The van der Waals surface area contributed by atoms with Crippen LogP contribution in [0.3, 0.4) is 0 Å². The smallest absolute Gasteiger partial charge is 0.407 e. The lowest BCUT2D eigenvalue weighted by Gasteiger charge is -2.37. The molecule has 26 heavy (non-hydrogen) atoms. The zero-order valence-corrected chi connectivity index (χ0v) is 15.6. The normalized spacial score (nSPS) is 20.4. The second-order valence-electron chi connectivity index (χ2n) is 7.37. The zero-order chi connectivity index (χ0) is 18.5. The van der Waals surface area contributed by atoms with Gasteiger partial charge in [-0.2, -0.15) is 0 Å². The van der Waals surface area contributed by atoms with E-state index in [1.807, 2.05) is 32.0 Å². The van der Waals surface area contributed by atoms with Gasteiger partial charge < -0.3 is 19.7 Å². The third-order valence-corrected chi connectivity index (χ3v) is 4.91. The number of ether oxygens (including phenoxy) is 2. The van der Waals surface area contributed by atoms with E-state index < -0.39 is 0 Å². The van der Waals surface area contributed by atoms with Gasteiger partial charge >= 0.3 is 6.09 Å². The Bertz CT molecular complexity index is 643. The van der Waals surface area contributed by atoms with Gasteiger partial charge in [-0.15, -0.1) is 0 Å². The molecular formula is C20H28N2O4. The Morgan fingerprint density at radius 3 is 2.73 bits per heavy atom. The van der Waals surface area contributed by atoms with Crippen molar-refractivity contribution in [1.29, 1.82) is 0 Å². The summed E-state index contributed by atoms with van der Waals surface area (Å²) < 4.78 is 11.3. The van der Waals surface area contributed by atoms with Crippen molar-refractivity contribution in [3.63, 3.8) is 0 Å². The van der Waals surface area contributed by atoms with Gasteiger partial charge in [0.25, 0.3) is 0 Å². The van der Waals surface area contributed by atoms with Gasteiger partial charge in [0.2, 0.25) is 0 Å². The van der Waals surface area contributed by atoms with Gasteiger partial charge in [0.1, 0.15) is 5.75 Å². The van der Waals surface area contributed by atoms with E-state index in [4.69, 9.17) is 9.47 Å². The molecule has 2 aliphatic rings. The van der Waals surface area contributed by atoms with Crippen LogP contribution in [0, 0.1) is 0 Å². The number of rotatable bonds is 6. The minimum Gasteiger partial charge on any atom is -0.488 e. The average molecular weight is 360 g/mol. The van der Waals surface area contributed by atoms with E-state index >= 15 is 0 Å². The topological polar surface area (TPSA) is 67.9 Å². The molecule has 3 rings (SSSR count). The number of hydrogen-bond donors (Lipinski definition) is 1. The fraction of sp³-hybridized carbons (Fsp3) is 0.600. The van der Waals surface area contributed by atoms with E-state index in [0.717, 1.165) is 50.0 Å². The van der Waals surface area contributed by atoms with Gasteiger partial charge in [0.15, 0.2) is 6.29 Å². The molecule has 1 heterocycles. The monoisotopic (exact) mass is 360 g/mol. The summed E-state index contributed by atoms with van der Waals surface area (Å²) in [6, 6.07) is 5.61. The number of piperidine rings is 1. The van der Waals surface area contributed by atoms with Crippen molar-refractivity contribution in [1.82, 2.24) is 5.32 Å². The molecule has 2 fully saturated rings. The Hall–Kier alpha value is -2.24. The van der Waals surface area contributed by atoms with Crippen LogP contribution in [-0.2, 0) is 4.74 Å². The fourth-order valence-corrected chi connectivity index (χ4v) is 3.45. The predicted molar refractivity (Wildman–Crippen MR) is 100 cm³/mol. The molecule has 1 saturated heterocycles. The lowest BCUT2D eigenvalue weighted by atomic mass is 9.96. The van der Waals surface area contributed by atoms with Gasteiger partial charge in [-0.1, -0.05) is 6.07 Å². The van der Waals surface area contributed by atoms with Crippen LogP contribution in [0.4, 0.5) is 10.5 Å². The Balaban J connectivity index is 1.74. The summed E-state index contributed by atoms with van der Waals surface area (Å²) in [5.74, 6) is 0.768. The molecule has 6 nitrogen and oxygen atoms in total. The minimum absolute atomic E-state index is 0.00809. The number of hydrogen-bond acceptors (Lipinski definition) is 5. The van der Waals surface area contributed by atoms with Crippen LogP contribution in [0.15, 0.2) is 18.2 Å². The van der Waals surface area contributed by atoms with Gasteiger partial charge in [-0.3, -0.25) is 4.79 Å². The number of aldehydes is 1. The van der Waals surface area contributed by atoms with Crippen molar-refractivity contribution in [2.45, 2.75) is 64.2 Å². The molecule has 0 spiro atoms. The van der Waals surface area contributed by atoms with Crippen molar-refractivity contribution in [2.24, 2.45) is 0 Å². The predicted octanol–water partition coefficient (Wildman–Crippen LogP) is 3.53. The summed E-state index contributed by atoms with van der Waals surface area (Å²) in [5, 5.41) is 2.94. The fourth-order valence-electron chi connectivity index (χ4n) is 3.45. The Kier molecular flexibility index (Phi) is 6.01. The van der Waals surface area contributed by atoms with Crippen LogP contribution >= 0.6 is 0 Å². The molecule has 0 aromatic heterocycles. The second-order valence-corrected chi connectivity index (χ2v) is 7.37. The van der Waals surface area contributed by atoms with E-state index in [0.29, 0.717) is 12.1 Å². The molecule has 0 radical (unpaired) electrons. The molecule has 1 aromatic rings. The van der Waals surface area contributed by atoms with Crippen molar-refractivity contribution < 1.29 is 19.1 Å². The van der Waals surface area contributed by atoms with Gasteiger partial charge in [0, 0.05) is 24.7 Å². The van der Waals surface area contributed by atoms with Crippen molar-refractivity contribution >= 4 is 18.1 Å². The standard InChI is InChI=1S/C20H28N2O4/c1-14(2)25-20(24)21-16-7-5-11-22(12-16)19-15(13-23)6-3-10-18(19)26-17-8-4-9-17/h3,6,10,13-14,16-17H,4-5,7-9,11-12H2,1-2H3,(H,21,24). The molecule has 0 bridgehead atoms. The second kappa shape index (κ2) is 8.43. The number of nitrogens with one attached hydrogen (secondary N) is 1. The lowest BCUT2D eigenvalue weighted by Crippen LogP contribution is -2.48. The summed E-state index contributed by atoms with van der Waals surface area (Å²) in [4.78, 5) is 25.7. The van der Waals surface area contributed by atoms with Crippen LogP contribution in [0.1, 0.15) is 56.3 Å². The van der Waals surface area contributed by atoms with Crippen LogP contribution < -0.4 is 15.0 Å². The number of alkyl carbamates (subject to hydrolysis) is 1. The number of anilines is 1. The van der Waals surface area contributed by atoms with Crippen LogP contribution in [0.25, 0.3) is 0 Å². The summed E-state index contributed by atoms with van der Waals surface area (Å²) in [7, 11) is 0. The summed E-state index contributed by atoms with van der Waals surface area (Å²) >= 11 is 0. The van der Waals surface area contributed by atoms with Gasteiger partial charge in [0.05, 0.1) is 17.9 Å². The SMILES string of the molecule is CC(C)OC(=O)NC1CCCN(c2c(C=O)cccc2OC2CCC2)C1. The molecule has 1 aliphatic carbocycles. The Labute approximate surface area is 154 Å². The first-order chi connectivity index (χ1) is 12.6. The van der Waals surface area contributed by atoms with Crippen molar-refractivity contribution in [2.75, 3.05) is 18.0 Å². The third kappa shape index (κ3) is 4.48. The Morgan fingerprint density at radius 1 is 1.27 bits per heavy atom. The largest absolute Gasteiger partial charge is 0.488 e. The molecular weight excluding hydrogens is 332 g/mol. The van der Waals surface area contributed by atoms with Crippen LogP contribution in [0.2, 0.25) is 0 Å². The van der Waals surface area contributed by atoms with Crippen molar-refractivity contribution in [3.8, 4) is 5.75 Å². The van der Waals surface area contributed by atoms with E-state index in [1.165, 1.54) is 6.42 Å². The van der Waals surface area contributed by atoms with Crippen molar-refractivity contribution in [3.05, 3.63) is 23.8 Å². The molecule has 1 N–H and O–H groups in total. The van der Waals surface area contributed by atoms with Gasteiger partial charge in [-0.05, 0) is 58.1 Å². The third-order valence-electron chi connectivity index (χ3n) is 4.91. The maximum absolute atomic E-state index is 11.9. The molecule has 1 saturated carbocycles. The first-order valence-electron chi connectivity index (χ1n) is 9.53. The van der Waals surface area contributed by atoms with E-state index in [2.05, 4.69) is 10.2 Å². The van der Waals surface area contributed by atoms with Crippen LogP contribution in [-0.4, -0.2) is 43.7 Å². The lowest BCUT2D eigenvalue weighted by molar-refractivity contribution is 0.110. The zero-order valence-electron chi connectivity index (χ0n) is 15.6. The summed E-state index contributed by atoms with van der Waals surface area (Å²) in [6.07, 6.45) is 5.75. The number of benzene rings is 1. The molecule has 1 aliphatic heterocycles. The van der Waals surface area contributed by atoms with E-state index in [1.54, 1.807) is 0 Å². The molecule has 142 valence electrons. The summed E-state index contributed by atoms with van der Waals surface area (Å²) in [6.45, 7) is 5.14. The molecule has 1 unspecified atom stereocenters. The number of para-hydroxylation sites is 1. The number of carbonyl (C=O) groups excluding carboxylic acids is 2. The van der Waals surface area contributed by atoms with Gasteiger partial charge in [-0.25, -0.2) is 4.79 Å². The maximum atomic E-state index is 11.9. The minimum atomic E-state index is -0.388. The molecule has 1 amide bonds. The molecule has 1 aromatic carbocycles. The maximum Gasteiger partial charge on any atom is 0.407 e. The summed E-state index contributed by atoms with van der Waals surface area (Å²) in [5.41, 5.74) is 1.48. The van der Waals surface area contributed by atoms with Crippen LogP contribution in [0.5, 0.6) is 5.75 Å². The highest BCUT2D eigenvalue weighted by Gasteiger charge is 2.28. The molecule has 1 atom stereocenters. The molecule has 6 heteroatoms. The highest BCUT2D eigenvalue weighted by atomic mass is 16.6. The number of nitrogens with zero attached hydrogens (tertiary/aromatic N) is 1. The van der Waals surface area contributed by atoms with E-state index in [-0.39, 0.29) is 24.3 Å². The first-order valence-corrected chi connectivity index (χ1v) is 9.53.